The van der Waals surface area contributed by atoms with Gasteiger partial charge >= 0.3 is 6.03 Å². The van der Waals surface area contributed by atoms with Gasteiger partial charge in [0.1, 0.15) is 0 Å². The number of rotatable bonds is 5. The van der Waals surface area contributed by atoms with E-state index in [1.165, 1.54) is 37.3 Å². The first kappa shape index (κ1) is 15.3. The molecule has 0 bridgehead atoms. The summed E-state index contributed by atoms with van der Waals surface area (Å²) >= 11 is 1.49. The largest absolute Gasteiger partial charge is 0.338 e. The van der Waals surface area contributed by atoms with Gasteiger partial charge in [-0.2, -0.15) is 0 Å². The van der Waals surface area contributed by atoms with Crippen molar-refractivity contribution < 1.29 is 4.79 Å². The second kappa shape index (κ2) is 7.59. The van der Waals surface area contributed by atoms with Gasteiger partial charge in [0, 0.05) is 17.6 Å². The van der Waals surface area contributed by atoms with Crippen molar-refractivity contribution in [3.63, 3.8) is 0 Å². The molecule has 5 nitrogen and oxygen atoms in total. The molecule has 1 fully saturated rings. The standard InChI is InChI=1S/C14H24N4OS/c1-11-4-8-18(9-5-11)7-3-6-15-13(19)17-14-16-10-12(2)20-14/h10-11H,3-9H2,1-2H3,(H2,15,16,17,19). The van der Waals surface area contributed by atoms with Gasteiger partial charge in [0.25, 0.3) is 0 Å². The number of carbonyl (C=O) groups excluding carboxylic acids is 1. The first-order chi connectivity index (χ1) is 9.63. The lowest BCUT2D eigenvalue weighted by Gasteiger charge is -2.30. The average molecular weight is 296 g/mol. The summed E-state index contributed by atoms with van der Waals surface area (Å²) in [6.07, 6.45) is 5.37. The van der Waals surface area contributed by atoms with E-state index in [0.29, 0.717) is 11.7 Å². The molecule has 0 unspecified atom stereocenters. The second-order valence-electron chi connectivity index (χ2n) is 5.53. The minimum atomic E-state index is -0.161. The van der Waals surface area contributed by atoms with Crippen molar-refractivity contribution in [2.45, 2.75) is 33.1 Å². The van der Waals surface area contributed by atoms with Crippen LogP contribution >= 0.6 is 11.3 Å². The quantitative estimate of drug-likeness (QED) is 0.821. The Kier molecular flexibility index (Phi) is 5.79. The second-order valence-corrected chi connectivity index (χ2v) is 6.77. The molecule has 0 spiro atoms. The number of thiazole rings is 1. The van der Waals surface area contributed by atoms with E-state index in [1.807, 2.05) is 6.92 Å². The summed E-state index contributed by atoms with van der Waals surface area (Å²) < 4.78 is 0. The molecule has 0 aliphatic carbocycles. The lowest BCUT2D eigenvalue weighted by atomic mass is 9.99. The summed E-state index contributed by atoms with van der Waals surface area (Å²) in [6, 6.07) is -0.161. The summed E-state index contributed by atoms with van der Waals surface area (Å²) in [6.45, 7) is 8.48. The Morgan fingerprint density at radius 3 is 2.90 bits per heavy atom. The molecule has 1 aliphatic heterocycles. The van der Waals surface area contributed by atoms with Crippen molar-refractivity contribution in [2.75, 3.05) is 31.5 Å². The fraction of sp³-hybridized carbons (Fsp3) is 0.714. The maximum Gasteiger partial charge on any atom is 0.321 e. The highest BCUT2D eigenvalue weighted by atomic mass is 32.1. The molecule has 2 rings (SSSR count). The zero-order valence-electron chi connectivity index (χ0n) is 12.3. The summed E-state index contributed by atoms with van der Waals surface area (Å²) in [5, 5.41) is 6.29. The van der Waals surface area contributed by atoms with E-state index in [2.05, 4.69) is 27.4 Å². The van der Waals surface area contributed by atoms with E-state index >= 15 is 0 Å². The molecule has 2 heterocycles. The molecule has 0 atom stereocenters. The number of anilines is 1. The molecule has 2 N–H and O–H groups in total. The molecular formula is C14H24N4OS. The van der Waals surface area contributed by atoms with Crippen LogP contribution in [-0.2, 0) is 0 Å². The van der Waals surface area contributed by atoms with Crippen LogP contribution < -0.4 is 10.6 Å². The Morgan fingerprint density at radius 2 is 2.25 bits per heavy atom. The van der Waals surface area contributed by atoms with Crippen LogP contribution in [0.15, 0.2) is 6.20 Å². The Morgan fingerprint density at radius 1 is 1.50 bits per heavy atom. The van der Waals surface area contributed by atoms with Gasteiger partial charge in [-0.3, -0.25) is 5.32 Å². The number of amides is 2. The van der Waals surface area contributed by atoms with Crippen LogP contribution in [0.5, 0.6) is 0 Å². The number of hydrogen-bond donors (Lipinski definition) is 2. The molecule has 0 aromatic carbocycles. The molecule has 1 aromatic heterocycles. The molecule has 1 aliphatic rings. The lowest BCUT2D eigenvalue weighted by Crippen LogP contribution is -2.36. The Balaban J connectivity index is 1.55. The van der Waals surface area contributed by atoms with Gasteiger partial charge in [-0.05, 0) is 51.7 Å². The van der Waals surface area contributed by atoms with Crippen molar-refractivity contribution in [1.82, 2.24) is 15.2 Å². The van der Waals surface area contributed by atoms with Gasteiger partial charge in [0.15, 0.2) is 5.13 Å². The molecular weight excluding hydrogens is 272 g/mol. The number of hydrogen-bond acceptors (Lipinski definition) is 4. The minimum Gasteiger partial charge on any atom is -0.338 e. The van der Waals surface area contributed by atoms with Gasteiger partial charge in [-0.1, -0.05) is 6.92 Å². The van der Waals surface area contributed by atoms with Crippen molar-refractivity contribution >= 4 is 22.5 Å². The van der Waals surface area contributed by atoms with Crippen molar-refractivity contribution in [2.24, 2.45) is 5.92 Å². The van der Waals surface area contributed by atoms with Gasteiger partial charge in [0.05, 0.1) is 0 Å². The fourth-order valence-corrected chi connectivity index (χ4v) is 3.00. The molecule has 0 radical (unpaired) electrons. The summed E-state index contributed by atoms with van der Waals surface area (Å²) in [7, 11) is 0. The number of aromatic nitrogens is 1. The fourth-order valence-electron chi connectivity index (χ4n) is 2.34. The topological polar surface area (TPSA) is 57.3 Å². The van der Waals surface area contributed by atoms with E-state index in [9.17, 15) is 4.79 Å². The monoisotopic (exact) mass is 296 g/mol. The Labute approximate surface area is 124 Å². The minimum absolute atomic E-state index is 0.161. The van der Waals surface area contributed by atoms with Crippen LogP contribution in [0.2, 0.25) is 0 Å². The highest BCUT2D eigenvalue weighted by Gasteiger charge is 2.14. The van der Waals surface area contributed by atoms with Gasteiger partial charge in [0.2, 0.25) is 0 Å². The van der Waals surface area contributed by atoms with E-state index in [4.69, 9.17) is 0 Å². The van der Waals surface area contributed by atoms with Crippen LogP contribution in [0, 0.1) is 12.8 Å². The maximum absolute atomic E-state index is 11.6. The Hall–Kier alpha value is -1.14. The van der Waals surface area contributed by atoms with Crippen LogP contribution in [-0.4, -0.2) is 42.1 Å². The molecule has 1 saturated heterocycles. The van der Waals surface area contributed by atoms with Crippen molar-refractivity contribution in [3.05, 3.63) is 11.1 Å². The normalized spacial score (nSPS) is 17.1. The number of aryl methyl sites for hydroxylation is 1. The first-order valence-corrected chi connectivity index (χ1v) is 8.15. The number of nitrogens with one attached hydrogen (secondary N) is 2. The third kappa shape index (κ3) is 5.09. The van der Waals surface area contributed by atoms with Gasteiger partial charge in [-0.25, -0.2) is 9.78 Å². The first-order valence-electron chi connectivity index (χ1n) is 7.33. The van der Waals surface area contributed by atoms with Crippen LogP contribution in [0.25, 0.3) is 0 Å². The van der Waals surface area contributed by atoms with E-state index in [1.54, 1.807) is 6.20 Å². The number of likely N-dealkylation sites (tertiary alicyclic amines) is 1. The predicted molar refractivity (Wildman–Crippen MR) is 83.3 cm³/mol. The highest BCUT2D eigenvalue weighted by molar-refractivity contribution is 7.15. The SMILES string of the molecule is Cc1cnc(NC(=O)NCCCN2CCC(C)CC2)s1. The van der Waals surface area contributed by atoms with Crippen molar-refractivity contribution in [1.29, 1.82) is 0 Å². The molecule has 112 valence electrons. The predicted octanol–water partition coefficient (Wildman–Crippen LogP) is 2.70. The number of piperidine rings is 1. The summed E-state index contributed by atoms with van der Waals surface area (Å²) in [5.74, 6) is 0.872. The van der Waals surface area contributed by atoms with Crippen molar-refractivity contribution in [3.8, 4) is 0 Å². The number of nitrogens with zero attached hydrogens (tertiary/aromatic N) is 2. The van der Waals surface area contributed by atoms with E-state index < -0.39 is 0 Å². The number of urea groups is 1. The summed E-state index contributed by atoms with van der Waals surface area (Å²) in [5.41, 5.74) is 0. The highest BCUT2D eigenvalue weighted by Crippen LogP contribution is 2.16. The van der Waals surface area contributed by atoms with E-state index in [0.717, 1.165) is 23.8 Å². The number of carbonyl (C=O) groups is 1. The average Bonchev–Trinajstić information content (AvgIpc) is 2.82. The maximum atomic E-state index is 11.6. The lowest BCUT2D eigenvalue weighted by molar-refractivity contribution is 0.190. The third-order valence-electron chi connectivity index (χ3n) is 3.65. The van der Waals surface area contributed by atoms with Crippen LogP contribution in [0.4, 0.5) is 9.93 Å². The van der Waals surface area contributed by atoms with Crippen LogP contribution in [0.1, 0.15) is 31.1 Å². The molecule has 20 heavy (non-hydrogen) atoms. The zero-order chi connectivity index (χ0) is 14.4. The molecule has 1 aromatic rings. The molecule has 0 saturated carbocycles. The Bertz CT molecular complexity index is 427. The van der Waals surface area contributed by atoms with Gasteiger partial charge in [-0.15, -0.1) is 11.3 Å². The van der Waals surface area contributed by atoms with E-state index in [-0.39, 0.29) is 6.03 Å². The van der Waals surface area contributed by atoms with Gasteiger partial charge < -0.3 is 10.2 Å². The zero-order valence-corrected chi connectivity index (χ0v) is 13.1. The third-order valence-corrected chi connectivity index (χ3v) is 4.48. The van der Waals surface area contributed by atoms with Crippen LogP contribution in [0.3, 0.4) is 0 Å². The smallest absolute Gasteiger partial charge is 0.321 e. The molecule has 2 amide bonds. The molecule has 6 heteroatoms. The summed E-state index contributed by atoms with van der Waals surface area (Å²) in [4.78, 5) is 19.3.